The summed E-state index contributed by atoms with van der Waals surface area (Å²) in [6.45, 7) is 3.01. The van der Waals surface area contributed by atoms with Crippen molar-refractivity contribution < 1.29 is 19.4 Å². The van der Waals surface area contributed by atoms with Crippen LogP contribution in [0.25, 0.3) is 5.76 Å². The summed E-state index contributed by atoms with van der Waals surface area (Å²) in [5.41, 5.74) is 2.37. The molecule has 1 fully saturated rings. The summed E-state index contributed by atoms with van der Waals surface area (Å²) >= 11 is 0. The standard InChI is InChI=1S/C25H25N3O4/c1-17-7-9-18(10-8-17)22-21(23(29)19-5-3-6-20(15-19)32-2)24(30)25(31)28(22)13-4-12-27-14-11-26-16-27/h3,5-11,14-16,22,29H,4,12-13H2,1-2H3/t22-/m0/s1. The van der Waals surface area contributed by atoms with Crippen LogP contribution in [-0.4, -0.2) is 44.9 Å². The van der Waals surface area contributed by atoms with Gasteiger partial charge in [0.25, 0.3) is 11.7 Å². The van der Waals surface area contributed by atoms with Crippen LogP contribution in [-0.2, 0) is 16.1 Å². The summed E-state index contributed by atoms with van der Waals surface area (Å²) in [4.78, 5) is 31.7. The van der Waals surface area contributed by atoms with Crippen LogP contribution in [0.1, 0.15) is 29.2 Å². The zero-order chi connectivity index (χ0) is 22.7. The minimum absolute atomic E-state index is 0.0923. The van der Waals surface area contributed by atoms with Crippen molar-refractivity contribution in [2.24, 2.45) is 0 Å². The van der Waals surface area contributed by atoms with Crippen LogP contribution in [0.4, 0.5) is 0 Å². The van der Waals surface area contributed by atoms with Gasteiger partial charge in [-0.2, -0.15) is 0 Å². The number of methoxy groups -OCH3 is 1. The molecule has 0 saturated carbocycles. The van der Waals surface area contributed by atoms with E-state index in [1.165, 1.54) is 7.11 Å². The zero-order valence-electron chi connectivity index (χ0n) is 18.1. The molecule has 1 aliphatic heterocycles. The topological polar surface area (TPSA) is 84.7 Å². The van der Waals surface area contributed by atoms with Gasteiger partial charge in [0.15, 0.2) is 0 Å². The number of rotatable bonds is 7. The van der Waals surface area contributed by atoms with Crippen molar-refractivity contribution in [3.05, 3.63) is 89.5 Å². The minimum atomic E-state index is -0.682. The van der Waals surface area contributed by atoms with E-state index >= 15 is 0 Å². The summed E-state index contributed by atoms with van der Waals surface area (Å²) < 4.78 is 7.17. The van der Waals surface area contributed by atoms with Crippen LogP contribution in [0.5, 0.6) is 5.75 Å². The van der Waals surface area contributed by atoms with Crippen LogP contribution >= 0.6 is 0 Å². The van der Waals surface area contributed by atoms with E-state index in [1.54, 1.807) is 41.7 Å². The molecule has 1 N–H and O–H groups in total. The molecule has 32 heavy (non-hydrogen) atoms. The highest BCUT2D eigenvalue weighted by Gasteiger charge is 2.45. The normalized spacial score (nSPS) is 17.7. The van der Waals surface area contributed by atoms with E-state index in [0.717, 1.165) is 11.1 Å². The number of carbonyl (C=O) groups is 2. The Kier molecular flexibility index (Phi) is 6.07. The molecule has 4 rings (SSSR count). The largest absolute Gasteiger partial charge is 0.507 e. The molecule has 7 heteroatoms. The molecule has 7 nitrogen and oxygen atoms in total. The average molecular weight is 431 g/mol. The molecule has 1 aromatic heterocycles. The fraction of sp³-hybridized carbons (Fsp3) is 0.240. The third-order valence-corrected chi connectivity index (χ3v) is 5.65. The van der Waals surface area contributed by atoms with E-state index < -0.39 is 17.7 Å². The van der Waals surface area contributed by atoms with Crippen LogP contribution in [0.3, 0.4) is 0 Å². The molecule has 0 unspecified atom stereocenters. The van der Waals surface area contributed by atoms with Gasteiger partial charge in [0.05, 0.1) is 25.1 Å². The SMILES string of the molecule is COc1cccc(C(O)=C2C(=O)C(=O)N(CCCn3ccnc3)[C@H]2c2ccc(C)cc2)c1. The number of nitrogens with zero attached hydrogens (tertiary/aromatic N) is 3. The number of aryl methyl sites for hydroxylation is 2. The van der Waals surface area contributed by atoms with Gasteiger partial charge in [0.1, 0.15) is 11.5 Å². The Hall–Kier alpha value is -3.87. The molecule has 1 aliphatic rings. The first-order chi connectivity index (χ1) is 15.5. The second-order valence-corrected chi connectivity index (χ2v) is 7.79. The molecule has 3 aromatic rings. The molecule has 2 heterocycles. The summed E-state index contributed by atoms with van der Waals surface area (Å²) in [7, 11) is 1.53. The number of ether oxygens (including phenoxy) is 1. The maximum absolute atomic E-state index is 13.1. The highest BCUT2D eigenvalue weighted by molar-refractivity contribution is 6.46. The average Bonchev–Trinajstić information content (AvgIpc) is 3.41. The number of imidazole rings is 1. The van der Waals surface area contributed by atoms with Gasteiger partial charge in [0.2, 0.25) is 0 Å². The molecule has 0 bridgehead atoms. The number of aromatic nitrogens is 2. The van der Waals surface area contributed by atoms with E-state index in [1.807, 2.05) is 42.0 Å². The fourth-order valence-corrected chi connectivity index (χ4v) is 3.97. The Morgan fingerprint density at radius 1 is 1.12 bits per heavy atom. The van der Waals surface area contributed by atoms with E-state index in [2.05, 4.69) is 4.98 Å². The van der Waals surface area contributed by atoms with Crippen molar-refractivity contribution in [1.29, 1.82) is 0 Å². The van der Waals surface area contributed by atoms with E-state index in [-0.39, 0.29) is 11.3 Å². The Morgan fingerprint density at radius 3 is 2.59 bits per heavy atom. The maximum atomic E-state index is 13.1. The second kappa shape index (κ2) is 9.09. The van der Waals surface area contributed by atoms with Crippen molar-refractivity contribution >= 4 is 17.4 Å². The minimum Gasteiger partial charge on any atom is -0.507 e. The van der Waals surface area contributed by atoms with E-state index in [4.69, 9.17) is 4.74 Å². The van der Waals surface area contributed by atoms with Crippen LogP contribution < -0.4 is 4.74 Å². The van der Waals surface area contributed by atoms with Gasteiger partial charge in [-0.25, -0.2) is 4.98 Å². The molecular formula is C25H25N3O4. The van der Waals surface area contributed by atoms with Gasteiger partial charge in [0, 0.05) is 31.0 Å². The summed E-state index contributed by atoms with van der Waals surface area (Å²) in [5.74, 6) is -0.940. The number of Topliss-reactive ketones (excluding diaryl/α,β-unsaturated/α-hetero) is 1. The molecule has 1 saturated heterocycles. The van der Waals surface area contributed by atoms with Gasteiger partial charge < -0.3 is 19.3 Å². The lowest BCUT2D eigenvalue weighted by Crippen LogP contribution is -2.31. The first-order valence-electron chi connectivity index (χ1n) is 10.4. The van der Waals surface area contributed by atoms with Crippen molar-refractivity contribution in [3.63, 3.8) is 0 Å². The number of aliphatic hydroxyl groups excluding tert-OH is 1. The van der Waals surface area contributed by atoms with Crippen molar-refractivity contribution in [3.8, 4) is 5.75 Å². The second-order valence-electron chi connectivity index (χ2n) is 7.79. The molecule has 2 aromatic carbocycles. The quantitative estimate of drug-likeness (QED) is 0.350. The van der Waals surface area contributed by atoms with Crippen LogP contribution in [0.15, 0.2) is 72.8 Å². The zero-order valence-corrected chi connectivity index (χ0v) is 18.1. The first kappa shape index (κ1) is 21.4. The molecule has 0 spiro atoms. The number of hydrogen-bond donors (Lipinski definition) is 1. The van der Waals surface area contributed by atoms with Crippen LogP contribution in [0.2, 0.25) is 0 Å². The van der Waals surface area contributed by atoms with Gasteiger partial charge in [-0.3, -0.25) is 9.59 Å². The Bertz CT molecular complexity index is 1150. The van der Waals surface area contributed by atoms with Crippen molar-refractivity contribution in [2.45, 2.75) is 25.9 Å². The van der Waals surface area contributed by atoms with Crippen LogP contribution in [0, 0.1) is 6.92 Å². The highest BCUT2D eigenvalue weighted by Crippen LogP contribution is 2.39. The molecule has 164 valence electrons. The van der Waals surface area contributed by atoms with E-state index in [9.17, 15) is 14.7 Å². The summed E-state index contributed by atoms with van der Waals surface area (Å²) in [6, 6.07) is 13.8. The third-order valence-electron chi connectivity index (χ3n) is 5.65. The lowest BCUT2D eigenvalue weighted by atomic mass is 9.94. The Labute approximate surface area is 186 Å². The predicted octanol–water partition coefficient (Wildman–Crippen LogP) is 3.71. The number of ketones is 1. The number of hydrogen-bond acceptors (Lipinski definition) is 5. The lowest BCUT2D eigenvalue weighted by Gasteiger charge is -2.25. The first-order valence-corrected chi connectivity index (χ1v) is 10.4. The van der Waals surface area contributed by atoms with Gasteiger partial charge in [-0.15, -0.1) is 0 Å². The number of benzene rings is 2. The third kappa shape index (κ3) is 4.14. The predicted molar refractivity (Wildman–Crippen MR) is 120 cm³/mol. The smallest absolute Gasteiger partial charge is 0.295 e. The maximum Gasteiger partial charge on any atom is 0.295 e. The number of carbonyl (C=O) groups excluding carboxylic acids is 2. The monoisotopic (exact) mass is 431 g/mol. The fourth-order valence-electron chi connectivity index (χ4n) is 3.97. The Balaban J connectivity index is 1.73. The molecule has 1 atom stereocenters. The van der Waals surface area contributed by atoms with Gasteiger partial charge >= 0.3 is 0 Å². The number of aliphatic hydroxyl groups is 1. The Morgan fingerprint density at radius 2 is 1.91 bits per heavy atom. The number of amides is 1. The lowest BCUT2D eigenvalue weighted by molar-refractivity contribution is -0.139. The molecule has 1 amide bonds. The van der Waals surface area contributed by atoms with Gasteiger partial charge in [-0.05, 0) is 31.0 Å². The number of likely N-dealkylation sites (tertiary alicyclic amines) is 1. The van der Waals surface area contributed by atoms with Crippen molar-refractivity contribution in [1.82, 2.24) is 14.5 Å². The van der Waals surface area contributed by atoms with E-state index in [0.29, 0.717) is 30.8 Å². The molecule has 0 radical (unpaired) electrons. The van der Waals surface area contributed by atoms with Gasteiger partial charge in [-0.1, -0.05) is 42.0 Å². The van der Waals surface area contributed by atoms with Crippen molar-refractivity contribution in [2.75, 3.05) is 13.7 Å². The highest BCUT2D eigenvalue weighted by atomic mass is 16.5. The summed E-state index contributed by atoms with van der Waals surface area (Å²) in [6.07, 6.45) is 5.92. The summed E-state index contributed by atoms with van der Waals surface area (Å²) in [5, 5.41) is 11.1. The molecule has 0 aliphatic carbocycles. The molecular weight excluding hydrogens is 406 g/mol.